The summed E-state index contributed by atoms with van der Waals surface area (Å²) >= 11 is 1.17. The highest BCUT2D eigenvalue weighted by molar-refractivity contribution is 7.10. The summed E-state index contributed by atoms with van der Waals surface area (Å²) in [4.78, 5) is 18.3. The molecule has 0 aromatic carbocycles. The Morgan fingerprint density at radius 1 is 1.60 bits per heavy atom. The van der Waals surface area contributed by atoms with Gasteiger partial charge in [-0.25, -0.2) is 9.78 Å². The number of aryl methyl sites for hydroxylation is 1. The molecule has 1 unspecified atom stereocenters. The van der Waals surface area contributed by atoms with Crippen LogP contribution < -0.4 is 5.32 Å². The number of likely N-dealkylation sites (tertiary alicyclic amines) is 1. The maximum absolute atomic E-state index is 12.2. The SMILES string of the molecule is Cc1nc(C2CCCN(C(=O)Nc3cnns3)C2)n[nH]1. The summed E-state index contributed by atoms with van der Waals surface area (Å²) in [6.07, 6.45) is 3.50. The van der Waals surface area contributed by atoms with Crippen LogP contribution in [0.5, 0.6) is 0 Å². The van der Waals surface area contributed by atoms with Crippen molar-refractivity contribution in [3.05, 3.63) is 17.8 Å². The van der Waals surface area contributed by atoms with Crippen molar-refractivity contribution in [2.45, 2.75) is 25.7 Å². The van der Waals surface area contributed by atoms with Crippen LogP contribution in [0.3, 0.4) is 0 Å². The summed E-state index contributed by atoms with van der Waals surface area (Å²) in [6, 6.07) is -0.118. The minimum Gasteiger partial charge on any atom is -0.324 e. The average molecular weight is 293 g/mol. The molecule has 1 fully saturated rings. The van der Waals surface area contributed by atoms with Crippen LogP contribution >= 0.6 is 11.5 Å². The summed E-state index contributed by atoms with van der Waals surface area (Å²) in [5.41, 5.74) is 0. The third kappa shape index (κ3) is 2.77. The second-order valence-corrected chi connectivity index (χ2v) is 5.56. The molecule has 1 aliphatic heterocycles. The van der Waals surface area contributed by atoms with Gasteiger partial charge in [0.15, 0.2) is 5.82 Å². The largest absolute Gasteiger partial charge is 0.324 e. The summed E-state index contributed by atoms with van der Waals surface area (Å²) in [7, 11) is 0. The van der Waals surface area contributed by atoms with Crippen LogP contribution in [0.4, 0.5) is 9.80 Å². The van der Waals surface area contributed by atoms with E-state index < -0.39 is 0 Å². The molecule has 2 aromatic rings. The van der Waals surface area contributed by atoms with E-state index in [2.05, 4.69) is 30.1 Å². The monoisotopic (exact) mass is 293 g/mol. The smallest absolute Gasteiger partial charge is 0.322 e. The average Bonchev–Trinajstić information content (AvgIpc) is 3.10. The van der Waals surface area contributed by atoms with Crippen molar-refractivity contribution in [2.75, 3.05) is 18.4 Å². The van der Waals surface area contributed by atoms with Gasteiger partial charge in [-0.2, -0.15) is 5.10 Å². The van der Waals surface area contributed by atoms with Gasteiger partial charge in [0.2, 0.25) is 0 Å². The molecule has 20 heavy (non-hydrogen) atoms. The van der Waals surface area contributed by atoms with Crippen molar-refractivity contribution in [3.8, 4) is 0 Å². The predicted molar refractivity (Wildman–Crippen MR) is 73.6 cm³/mol. The van der Waals surface area contributed by atoms with Gasteiger partial charge < -0.3 is 4.90 Å². The van der Waals surface area contributed by atoms with Gasteiger partial charge in [0.05, 0.1) is 6.20 Å². The Labute approximate surface area is 119 Å². The fraction of sp³-hybridized carbons (Fsp3) is 0.545. The predicted octanol–water partition coefficient (Wildman–Crippen LogP) is 1.38. The molecule has 0 aliphatic carbocycles. The summed E-state index contributed by atoms with van der Waals surface area (Å²) in [6.45, 7) is 3.26. The second kappa shape index (κ2) is 5.53. The van der Waals surface area contributed by atoms with Gasteiger partial charge in [-0.1, -0.05) is 4.49 Å². The highest BCUT2D eigenvalue weighted by Crippen LogP contribution is 2.25. The molecular weight excluding hydrogens is 278 g/mol. The number of carbonyl (C=O) groups is 1. The van der Waals surface area contributed by atoms with Crippen molar-refractivity contribution in [1.82, 2.24) is 29.7 Å². The van der Waals surface area contributed by atoms with Crippen LogP contribution in [0, 0.1) is 6.92 Å². The molecule has 106 valence electrons. The molecule has 0 spiro atoms. The molecule has 1 atom stereocenters. The molecule has 0 bridgehead atoms. The van der Waals surface area contributed by atoms with E-state index in [-0.39, 0.29) is 11.9 Å². The van der Waals surface area contributed by atoms with Crippen LogP contribution in [0.1, 0.15) is 30.4 Å². The first-order chi connectivity index (χ1) is 9.72. The molecule has 3 heterocycles. The molecule has 0 saturated carbocycles. The molecule has 2 aromatic heterocycles. The Balaban J connectivity index is 1.64. The van der Waals surface area contributed by atoms with E-state index in [4.69, 9.17) is 0 Å². The number of aromatic nitrogens is 5. The van der Waals surface area contributed by atoms with E-state index >= 15 is 0 Å². The van der Waals surface area contributed by atoms with Crippen molar-refractivity contribution < 1.29 is 4.79 Å². The number of piperidine rings is 1. The number of nitrogens with zero attached hydrogens (tertiary/aromatic N) is 5. The number of nitrogens with one attached hydrogen (secondary N) is 2. The number of anilines is 1. The van der Waals surface area contributed by atoms with E-state index in [1.807, 2.05) is 6.92 Å². The molecular formula is C11H15N7OS. The number of carbonyl (C=O) groups excluding carboxylic acids is 1. The van der Waals surface area contributed by atoms with Crippen LogP contribution in [0.15, 0.2) is 6.20 Å². The first-order valence-electron chi connectivity index (χ1n) is 6.44. The number of aromatic amines is 1. The highest BCUT2D eigenvalue weighted by atomic mass is 32.1. The van der Waals surface area contributed by atoms with Crippen LogP contribution in [0.2, 0.25) is 0 Å². The van der Waals surface area contributed by atoms with E-state index in [0.717, 1.165) is 31.0 Å². The van der Waals surface area contributed by atoms with E-state index in [1.54, 1.807) is 11.1 Å². The van der Waals surface area contributed by atoms with Gasteiger partial charge >= 0.3 is 6.03 Å². The lowest BCUT2D eigenvalue weighted by Gasteiger charge is -2.31. The lowest BCUT2D eigenvalue weighted by atomic mass is 9.98. The number of amides is 2. The highest BCUT2D eigenvalue weighted by Gasteiger charge is 2.27. The summed E-state index contributed by atoms with van der Waals surface area (Å²) in [5.74, 6) is 1.79. The Hall–Kier alpha value is -2.03. The zero-order valence-electron chi connectivity index (χ0n) is 11.0. The van der Waals surface area contributed by atoms with Gasteiger partial charge in [-0.05, 0) is 19.8 Å². The Bertz CT molecular complexity index is 581. The van der Waals surface area contributed by atoms with Crippen molar-refractivity contribution >= 4 is 22.6 Å². The summed E-state index contributed by atoms with van der Waals surface area (Å²) in [5, 5.41) is 14.2. The normalized spacial score (nSPS) is 19.1. The molecule has 0 radical (unpaired) electrons. The topological polar surface area (TPSA) is 99.7 Å². The number of urea groups is 1. The second-order valence-electron chi connectivity index (χ2n) is 4.78. The van der Waals surface area contributed by atoms with Crippen molar-refractivity contribution in [2.24, 2.45) is 0 Å². The molecule has 2 amide bonds. The third-order valence-corrected chi connectivity index (χ3v) is 3.86. The maximum Gasteiger partial charge on any atom is 0.322 e. The molecule has 1 aliphatic rings. The molecule has 3 rings (SSSR count). The lowest BCUT2D eigenvalue weighted by molar-refractivity contribution is 0.191. The fourth-order valence-corrected chi connectivity index (χ4v) is 2.73. The molecule has 1 saturated heterocycles. The van der Waals surface area contributed by atoms with Crippen LogP contribution in [-0.4, -0.2) is 48.8 Å². The zero-order chi connectivity index (χ0) is 13.9. The molecule has 2 N–H and O–H groups in total. The molecule has 8 nitrogen and oxygen atoms in total. The molecule has 9 heteroatoms. The number of H-pyrrole nitrogens is 1. The van der Waals surface area contributed by atoms with Gasteiger partial charge in [0.1, 0.15) is 10.8 Å². The number of hydrogen-bond donors (Lipinski definition) is 2. The third-order valence-electron chi connectivity index (χ3n) is 3.28. The number of rotatable bonds is 2. The first-order valence-corrected chi connectivity index (χ1v) is 7.22. The standard InChI is InChI=1S/C11H15N7OS/c1-7-13-10(16-15-7)8-3-2-4-18(6-8)11(19)14-9-5-12-17-20-9/h5,8H,2-4,6H2,1H3,(H,14,19)(H,13,15,16). The lowest BCUT2D eigenvalue weighted by Crippen LogP contribution is -2.41. The maximum atomic E-state index is 12.2. The van der Waals surface area contributed by atoms with Crippen molar-refractivity contribution in [3.63, 3.8) is 0 Å². The fourth-order valence-electron chi connectivity index (χ4n) is 2.32. The minimum absolute atomic E-state index is 0.118. The van der Waals surface area contributed by atoms with Gasteiger partial charge in [-0.3, -0.25) is 10.4 Å². The number of hydrogen-bond acceptors (Lipinski definition) is 6. The minimum atomic E-state index is -0.118. The van der Waals surface area contributed by atoms with Gasteiger partial charge in [-0.15, -0.1) is 5.10 Å². The first kappa shape index (κ1) is 13.0. The van der Waals surface area contributed by atoms with Crippen molar-refractivity contribution in [1.29, 1.82) is 0 Å². The van der Waals surface area contributed by atoms with Gasteiger partial charge in [0.25, 0.3) is 0 Å². The van der Waals surface area contributed by atoms with Crippen LogP contribution in [0.25, 0.3) is 0 Å². The van der Waals surface area contributed by atoms with E-state index in [1.165, 1.54) is 11.5 Å². The summed E-state index contributed by atoms with van der Waals surface area (Å²) < 4.78 is 3.72. The quantitative estimate of drug-likeness (QED) is 0.871. The Kier molecular flexibility index (Phi) is 3.59. The van der Waals surface area contributed by atoms with Crippen LogP contribution in [-0.2, 0) is 0 Å². The van der Waals surface area contributed by atoms with E-state index in [0.29, 0.717) is 11.5 Å². The van der Waals surface area contributed by atoms with E-state index in [9.17, 15) is 4.79 Å². The Morgan fingerprint density at radius 3 is 3.20 bits per heavy atom. The van der Waals surface area contributed by atoms with Gasteiger partial charge in [0, 0.05) is 30.5 Å². The zero-order valence-corrected chi connectivity index (χ0v) is 11.9. The Morgan fingerprint density at radius 2 is 2.50 bits per heavy atom.